The second-order valence-corrected chi connectivity index (χ2v) is 19.0. The van der Waals surface area contributed by atoms with Gasteiger partial charge in [0.1, 0.15) is 35.7 Å². The molecule has 7 atom stereocenters. The normalized spacial score (nSPS) is 21.2. The number of nitrogens with two attached hydrogens (primary N) is 5. The maximum Gasteiger partial charge on any atom is 0.326 e. The number of carbonyl (C=O) groups is 10. The number of aromatic amines is 1. The van der Waals surface area contributed by atoms with E-state index in [1.54, 1.807) is 36.5 Å². The van der Waals surface area contributed by atoms with Gasteiger partial charge in [-0.2, -0.15) is 0 Å². The maximum atomic E-state index is 14.7. The van der Waals surface area contributed by atoms with Gasteiger partial charge in [0, 0.05) is 81.1 Å². The number of para-hydroxylation sites is 1. The molecule has 2 aromatic carbocycles. The molecule has 412 valence electrons. The fourth-order valence-corrected chi connectivity index (χ4v) is 8.94. The fraction of sp³-hybridized carbons (Fsp3) is 0.500. The molecular formula is C52H73N13O11. The smallest absolute Gasteiger partial charge is 0.326 e. The van der Waals surface area contributed by atoms with Crippen LogP contribution in [-0.4, -0.2) is 124 Å². The van der Waals surface area contributed by atoms with E-state index >= 15 is 0 Å². The van der Waals surface area contributed by atoms with Crippen LogP contribution >= 0.6 is 0 Å². The monoisotopic (exact) mass is 1060 g/mol. The lowest BCUT2D eigenvalue weighted by molar-refractivity contribution is -0.143. The maximum absolute atomic E-state index is 14.7. The van der Waals surface area contributed by atoms with E-state index < -0.39 is 114 Å². The molecule has 1 aromatic heterocycles. The molecule has 3 aromatic rings. The van der Waals surface area contributed by atoms with Crippen LogP contribution in [0, 0.1) is 11.8 Å². The number of carbonyl (C=O) groups excluding carboxylic acids is 9. The molecule has 0 spiro atoms. The third-order valence-electron chi connectivity index (χ3n) is 13.0. The van der Waals surface area contributed by atoms with Gasteiger partial charge < -0.3 is 65.3 Å². The van der Waals surface area contributed by atoms with E-state index in [1.165, 1.54) is 6.92 Å². The molecule has 0 bridgehead atoms. The number of aliphatic carboxylic acids is 1. The first-order valence-corrected chi connectivity index (χ1v) is 25.5. The summed E-state index contributed by atoms with van der Waals surface area (Å²) in [7, 11) is 0. The Bertz CT molecular complexity index is 2580. The Morgan fingerprint density at radius 3 is 2.04 bits per heavy atom. The zero-order chi connectivity index (χ0) is 55.7. The average molecular weight is 1060 g/mol. The summed E-state index contributed by atoms with van der Waals surface area (Å²) < 4.78 is 0. The molecule has 24 nitrogen and oxygen atoms in total. The molecule has 6 amide bonds. The third-order valence-corrected chi connectivity index (χ3v) is 13.0. The average Bonchev–Trinajstić information content (AvgIpc) is 3.78. The van der Waals surface area contributed by atoms with E-state index in [0.29, 0.717) is 11.1 Å². The van der Waals surface area contributed by atoms with Crippen molar-refractivity contribution in [2.45, 2.75) is 140 Å². The van der Waals surface area contributed by atoms with Gasteiger partial charge in [0.15, 0.2) is 17.7 Å². The first-order chi connectivity index (χ1) is 36.2. The zero-order valence-corrected chi connectivity index (χ0v) is 42.9. The number of nitrogens with zero attached hydrogens (tertiary/aromatic N) is 2. The summed E-state index contributed by atoms with van der Waals surface area (Å²) in [5, 5.41) is 24.1. The predicted molar refractivity (Wildman–Crippen MR) is 282 cm³/mol. The molecule has 0 aliphatic carbocycles. The summed E-state index contributed by atoms with van der Waals surface area (Å²) >= 11 is 0. The van der Waals surface area contributed by atoms with Gasteiger partial charge in [0.25, 0.3) is 0 Å². The second-order valence-electron chi connectivity index (χ2n) is 19.0. The summed E-state index contributed by atoms with van der Waals surface area (Å²) in [4.78, 5) is 148. The number of guanidine groups is 2. The molecule has 1 aliphatic rings. The standard InChI is InChI=1S/C52H73N13O11/c1-30(66)61-38(18-10-24-59-52(56)57)47(72)62-39-20-19-35(67)14-5-7-17-41(50(75)76)64-46(71)33(26-34-29-60-37-16-8-6-15-36(34)37)28-43(68)32(13-9-23-58-51(54)55)27-44(69)42(25-31-11-3-2-4-12-31)65-49(74)40(63-48(39)73)21-22-45(53)70/h2-4,6,8,11-12,15-16,29,32-33,38-42,60H,5,7,9-10,13-14,17-28H2,1H3,(H2,53,70)(H,61,66)(H,62,72)(H,63,73)(H,64,71)(H,65,74)(H,75,76)(H4,54,55,58)(H4,56,57,59)/t32-,33-,38-,39+,40+,41+,42-/m1/s1. The Balaban J connectivity index is 1.78. The molecule has 76 heavy (non-hydrogen) atoms. The van der Waals surface area contributed by atoms with Crippen molar-refractivity contribution < 1.29 is 53.1 Å². The van der Waals surface area contributed by atoms with Crippen LogP contribution in [0.2, 0.25) is 0 Å². The largest absolute Gasteiger partial charge is 0.480 e. The molecule has 1 fully saturated rings. The molecule has 0 radical (unpaired) electrons. The third kappa shape index (κ3) is 21.0. The van der Waals surface area contributed by atoms with Gasteiger partial charge in [0.05, 0.1) is 6.04 Å². The van der Waals surface area contributed by atoms with Gasteiger partial charge >= 0.3 is 5.97 Å². The number of nitrogens with one attached hydrogen (secondary N) is 6. The quantitative estimate of drug-likeness (QED) is 0.0425. The van der Waals surface area contributed by atoms with E-state index in [2.05, 4.69) is 41.6 Å². The van der Waals surface area contributed by atoms with Crippen LogP contribution in [-0.2, 0) is 60.8 Å². The highest BCUT2D eigenvalue weighted by Gasteiger charge is 2.35. The van der Waals surface area contributed by atoms with Crippen molar-refractivity contribution in [3.05, 3.63) is 71.9 Å². The van der Waals surface area contributed by atoms with Crippen molar-refractivity contribution in [2.75, 3.05) is 13.1 Å². The van der Waals surface area contributed by atoms with Crippen molar-refractivity contribution in [1.82, 2.24) is 31.6 Å². The van der Waals surface area contributed by atoms with E-state index in [1.807, 2.05) is 24.3 Å². The highest BCUT2D eigenvalue weighted by atomic mass is 16.4. The first-order valence-electron chi connectivity index (χ1n) is 25.5. The Labute approximate surface area is 440 Å². The number of benzene rings is 2. The SMILES string of the molecule is CC(=O)N[C@H](CCCN=C(N)N)C(=O)N[C@H]1CCC(=O)CCCC[C@@H](C(=O)O)NC(=O)[C@H](Cc2c[nH]c3ccccc23)CC(=O)[C@H](CCCN=C(N)N)CC(=O)[C@@H](Cc2ccccc2)NC(=O)[C@H](CCC(N)=O)NC1=O. The van der Waals surface area contributed by atoms with Gasteiger partial charge in [-0.05, 0) is 81.4 Å². The zero-order valence-electron chi connectivity index (χ0n) is 42.9. The van der Waals surface area contributed by atoms with Crippen LogP contribution in [0.1, 0.15) is 108 Å². The second kappa shape index (κ2) is 30.9. The van der Waals surface area contributed by atoms with Crippen LogP contribution in [0.25, 0.3) is 10.9 Å². The van der Waals surface area contributed by atoms with Crippen LogP contribution in [0.5, 0.6) is 0 Å². The van der Waals surface area contributed by atoms with Crippen molar-refractivity contribution in [3.8, 4) is 0 Å². The van der Waals surface area contributed by atoms with Gasteiger partial charge in [-0.1, -0.05) is 55.0 Å². The molecule has 1 saturated heterocycles. The number of hydrogen-bond donors (Lipinski definition) is 12. The van der Waals surface area contributed by atoms with Gasteiger partial charge in [-0.3, -0.25) is 53.1 Å². The summed E-state index contributed by atoms with van der Waals surface area (Å²) in [6.07, 6.45) is 0.137. The number of carboxylic acids is 1. The number of amides is 6. The fourth-order valence-electron chi connectivity index (χ4n) is 8.94. The van der Waals surface area contributed by atoms with Crippen LogP contribution in [0.15, 0.2) is 70.8 Å². The molecule has 2 heterocycles. The Morgan fingerprint density at radius 1 is 0.711 bits per heavy atom. The molecule has 24 heteroatoms. The molecule has 1 aliphatic heterocycles. The number of ketones is 3. The first kappa shape index (κ1) is 60.4. The Morgan fingerprint density at radius 2 is 1.37 bits per heavy atom. The van der Waals surface area contributed by atoms with E-state index in [-0.39, 0.29) is 114 Å². The van der Waals surface area contributed by atoms with Crippen LogP contribution < -0.4 is 55.3 Å². The number of aliphatic imine (C=N–C) groups is 2. The van der Waals surface area contributed by atoms with E-state index in [4.69, 9.17) is 28.7 Å². The number of aromatic nitrogens is 1. The molecule has 0 saturated carbocycles. The summed E-state index contributed by atoms with van der Waals surface area (Å²) in [5.74, 6) is -10.2. The van der Waals surface area contributed by atoms with Crippen molar-refractivity contribution in [1.29, 1.82) is 0 Å². The lowest BCUT2D eigenvalue weighted by atomic mass is 9.83. The number of fused-ring (bicyclic) bond motifs is 1. The summed E-state index contributed by atoms with van der Waals surface area (Å²) in [6, 6.07) is 8.96. The summed E-state index contributed by atoms with van der Waals surface area (Å²) in [6.45, 7) is 1.38. The van der Waals surface area contributed by atoms with E-state index in [9.17, 15) is 53.1 Å². The predicted octanol–water partition coefficient (Wildman–Crippen LogP) is -0.0716. The minimum atomic E-state index is -1.54. The lowest BCUT2D eigenvalue weighted by Crippen LogP contribution is -2.58. The highest BCUT2D eigenvalue weighted by molar-refractivity contribution is 5.98. The topological polar surface area (TPSA) is 422 Å². The van der Waals surface area contributed by atoms with Crippen LogP contribution in [0.4, 0.5) is 0 Å². The number of rotatable bonds is 19. The minimum Gasteiger partial charge on any atom is -0.480 e. The number of primary amides is 1. The number of Topliss-reactive ketones (excluding diaryl/α,β-unsaturated/α-hetero) is 3. The lowest BCUT2D eigenvalue weighted by Gasteiger charge is -2.27. The minimum absolute atomic E-state index is 0.0109. The molecular weight excluding hydrogens is 983 g/mol. The Hall–Kier alpha value is -8.18. The van der Waals surface area contributed by atoms with E-state index in [0.717, 1.165) is 10.9 Å². The van der Waals surface area contributed by atoms with Gasteiger partial charge in [0.2, 0.25) is 35.4 Å². The molecule has 0 unspecified atom stereocenters. The molecule has 4 rings (SSSR count). The van der Waals surface area contributed by atoms with Crippen molar-refractivity contribution in [3.63, 3.8) is 0 Å². The number of hydrogen-bond acceptors (Lipinski definition) is 12. The van der Waals surface area contributed by atoms with Crippen molar-refractivity contribution in [2.24, 2.45) is 50.5 Å². The Kier molecular flexibility index (Phi) is 24.5. The highest BCUT2D eigenvalue weighted by Crippen LogP contribution is 2.26. The van der Waals surface area contributed by atoms with Crippen molar-refractivity contribution >= 4 is 81.6 Å². The van der Waals surface area contributed by atoms with Gasteiger partial charge in [-0.25, -0.2) is 4.79 Å². The number of H-pyrrole nitrogens is 1. The molecule has 17 N–H and O–H groups in total. The van der Waals surface area contributed by atoms with Gasteiger partial charge in [-0.15, -0.1) is 0 Å². The summed E-state index contributed by atoms with van der Waals surface area (Å²) in [5.41, 5.74) is 29.6. The van der Waals surface area contributed by atoms with Crippen LogP contribution in [0.3, 0.4) is 0 Å². The number of carboxylic acid groups (broad SMARTS) is 1.